The fourth-order valence-electron chi connectivity index (χ4n) is 7.71. The molecule has 9 nitrogen and oxygen atoms in total. The lowest BCUT2D eigenvalue weighted by molar-refractivity contribution is 0.0949. The minimum absolute atomic E-state index is 0.0296. The zero-order valence-corrected chi connectivity index (χ0v) is 27.2. The average molecular weight is 659 g/mol. The van der Waals surface area contributed by atoms with Crippen LogP contribution in [0.5, 0.6) is 11.5 Å². The van der Waals surface area contributed by atoms with E-state index in [1.54, 1.807) is 24.8 Å². The first-order valence-electron chi connectivity index (χ1n) is 16.4. The average Bonchev–Trinajstić information content (AvgIpc) is 3.72. The number of nitrogens with zero attached hydrogens (tertiary/aromatic N) is 5. The zero-order valence-electron chi connectivity index (χ0n) is 26.3. The Kier molecular flexibility index (Phi) is 6.96. The minimum atomic E-state index is -0.567. The summed E-state index contributed by atoms with van der Waals surface area (Å²) in [4.78, 5) is 40.7. The molecule has 3 unspecified atom stereocenters. The van der Waals surface area contributed by atoms with Crippen molar-refractivity contribution in [3.8, 4) is 28.5 Å². The van der Waals surface area contributed by atoms with Crippen molar-refractivity contribution in [1.82, 2.24) is 24.8 Å². The number of hydrogen-bond donors (Lipinski definition) is 1. The lowest BCUT2D eigenvalue weighted by atomic mass is 10.0. The summed E-state index contributed by atoms with van der Waals surface area (Å²) in [7, 11) is 1.85. The largest absolute Gasteiger partial charge is 0.451 e. The number of fused-ring (bicyclic) bond motifs is 3. The Morgan fingerprint density at radius 2 is 1.98 bits per heavy atom. The number of halogens is 1. The van der Waals surface area contributed by atoms with Crippen LogP contribution >= 0.6 is 7.92 Å². The normalized spacial score (nSPS) is 21.2. The SMILES string of the molecule is CN1CC(P2C#C2)CC1CCNC(=O)c1cn2c3c(c(N4CCC(c5cnccn5)C4)c(F)cc3c1=O)Oc1cc3ccccc3cc1-2. The molecule has 0 bridgehead atoms. The fraction of sp³-hybridized carbons (Fsp3) is 0.297. The number of rotatable bonds is 7. The fourth-order valence-corrected chi connectivity index (χ4v) is 9.18. The van der Waals surface area contributed by atoms with Crippen LogP contribution in [0.1, 0.15) is 41.2 Å². The number of anilines is 1. The second-order valence-corrected chi connectivity index (χ2v) is 15.0. The van der Waals surface area contributed by atoms with Gasteiger partial charge in [-0.15, -0.1) is 0 Å². The second kappa shape index (κ2) is 11.4. The van der Waals surface area contributed by atoms with Gasteiger partial charge in [0.1, 0.15) is 16.8 Å². The lowest BCUT2D eigenvalue weighted by Gasteiger charge is -2.29. The molecule has 48 heavy (non-hydrogen) atoms. The molecule has 0 aliphatic carbocycles. The molecule has 2 saturated heterocycles. The van der Waals surface area contributed by atoms with Gasteiger partial charge < -0.3 is 24.4 Å². The van der Waals surface area contributed by atoms with Crippen molar-refractivity contribution in [3.05, 3.63) is 94.5 Å². The van der Waals surface area contributed by atoms with Gasteiger partial charge in [0.2, 0.25) is 5.43 Å². The van der Waals surface area contributed by atoms with E-state index in [4.69, 9.17) is 4.74 Å². The quantitative estimate of drug-likeness (QED) is 0.172. The summed E-state index contributed by atoms with van der Waals surface area (Å²) in [6.07, 6.45) is 9.27. The van der Waals surface area contributed by atoms with Crippen LogP contribution in [0.15, 0.2) is 72.0 Å². The number of carbonyl (C=O) groups is 1. The summed E-state index contributed by atoms with van der Waals surface area (Å²) in [5.74, 6) is -0.162. The van der Waals surface area contributed by atoms with Crippen LogP contribution in [0.2, 0.25) is 0 Å². The van der Waals surface area contributed by atoms with E-state index in [-0.39, 0.29) is 30.5 Å². The number of ether oxygens (including phenoxy) is 1. The number of pyridine rings is 1. The third kappa shape index (κ3) is 4.92. The second-order valence-electron chi connectivity index (χ2n) is 13.1. The van der Waals surface area contributed by atoms with E-state index in [0.29, 0.717) is 54.0 Å². The molecule has 3 aromatic carbocycles. The maximum atomic E-state index is 16.3. The van der Waals surface area contributed by atoms with Gasteiger partial charge in [-0.05, 0) is 55.3 Å². The molecular formula is C37H32FN6O3P. The first-order valence-corrected chi connectivity index (χ1v) is 17.8. The molecule has 11 heteroatoms. The Labute approximate surface area is 277 Å². The van der Waals surface area contributed by atoms with Gasteiger partial charge in [-0.2, -0.15) is 0 Å². The first-order chi connectivity index (χ1) is 23.4. The highest BCUT2D eigenvalue weighted by molar-refractivity contribution is 7.75. The van der Waals surface area contributed by atoms with Crippen molar-refractivity contribution in [3.63, 3.8) is 0 Å². The smallest absolute Gasteiger partial charge is 0.256 e. The summed E-state index contributed by atoms with van der Waals surface area (Å²) in [5.41, 5.74) is 8.81. The van der Waals surface area contributed by atoms with E-state index in [2.05, 4.69) is 38.6 Å². The molecule has 240 valence electrons. The van der Waals surface area contributed by atoms with E-state index in [1.807, 2.05) is 45.9 Å². The van der Waals surface area contributed by atoms with Crippen LogP contribution in [-0.4, -0.2) is 70.3 Å². The van der Waals surface area contributed by atoms with Crippen LogP contribution in [0.3, 0.4) is 0 Å². The summed E-state index contributed by atoms with van der Waals surface area (Å²) >= 11 is 0. The molecule has 0 radical (unpaired) electrons. The van der Waals surface area contributed by atoms with E-state index in [9.17, 15) is 9.59 Å². The predicted molar refractivity (Wildman–Crippen MR) is 185 cm³/mol. The summed E-state index contributed by atoms with van der Waals surface area (Å²) in [6, 6.07) is 13.5. The molecule has 5 aromatic rings. The van der Waals surface area contributed by atoms with E-state index >= 15 is 4.39 Å². The predicted octanol–water partition coefficient (Wildman–Crippen LogP) is 5.78. The molecule has 4 aliphatic heterocycles. The summed E-state index contributed by atoms with van der Waals surface area (Å²) in [5, 5.41) is 5.04. The van der Waals surface area contributed by atoms with Crippen LogP contribution in [0.4, 0.5) is 10.1 Å². The molecule has 0 saturated carbocycles. The molecule has 1 amide bonds. The highest BCUT2D eigenvalue weighted by Gasteiger charge is 2.37. The van der Waals surface area contributed by atoms with E-state index in [0.717, 1.165) is 42.3 Å². The molecule has 2 fully saturated rings. The Morgan fingerprint density at radius 3 is 2.77 bits per heavy atom. The molecule has 9 rings (SSSR count). The molecule has 0 spiro atoms. The number of benzene rings is 3. The van der Waals surface area contributed by atoms with Crippen molar-refractivity contribution >= 4 is 41.2 Å². The van der Waals surface area contributed by atoms with Crippen LogP contribution < -0.4 is 20.4 Å². The van der Waals surface area contributed by atoms with Crippen molar-refractivity contribution < 1.29 is 13.9 Å². The van der Waals surface area contributed by atoms with Crippen LogP contribution in [-0.2, 0) is 0 Å². The van der Waals surface area contributed by atoms with Crippen molar-refractivity contribution in [2.24, 2.45) is 0 Å². The molecule has 6 heterocycles. The number of likely N-dealkylation sites (tertiary alicyclic amines) is 1. The maximum Gasteiger partial charge on any atom is 0.256 e. The van der Waals surface area contributed by atoms with Gasteiger partial charge in [-0.3, -0.25) is 19.6 Å². The highest BCUT2D eigenvalue weighted by Crippen LogP contribution is 2.53. The van der Waals surface area contributed by atoms with Gasteiger partial charge in [-0.25, -0.2) is 4.39 Å². The first kappa shape index (κ1) is 29.3. The van der Waals surface area contributed by atoms with Crippen molar-refractivity contribution in [2.75, 3.05) is 38.1 Å². The number of aromatic nitrogens is 3. The van der Waals surface area contributed by atoms with Gasteiger partial charge in [0, 0.05) is 68.6 Å². The van der Waals surface area contributed by atoms with E-state index < -0.39 is 17.2 Å². The van der Waals surface area contributed by atoms with Crippen molar-refractivity contribution in [1.29, 1.82) is 0 Å². The minimum Gasteiger partial charge on any atom is -0.451 e. The summed E-state index contributed by atoms with van der Waals surface area (Å²) in [6.45, 7) is 2.56. The van der Waals surface area contributed by atoms with Gasteiger partial charge in [-0.1, -0.05) is 35.6 Å². The van der Waals surface area contributed by atoms with Gasteiger partial charge in [0.15, 0.2) is 17.3 Å². The topological polar surface area (TPSA) is 92.6 Å². The van der Waals surface area contributed by atoms with Gasteiger partial charge in [0.25, 0.3) is 5.91 Å². The number of carbonyl (C=O) groups excluding carboxylic acids is 1. The maximum absolute atomic E-state index is 16.3. The highest BCUT2D eigenvalue weighted by atomic mass is 31.1. The lowest BCUT2D eigenvalue weighted by Crippen LogP contribution is -2.34. The van der Waals surface area contributed by atoms with Crippen molar-refractivity contribution in [2.45, 2.75) is 36.9 Å². The number of amides is 1. The van der Waals surface area contributed by atoms with E-state index in [1.165, 1.54) is 6.07 Å². The zero-order chi connectivity index (χ0) is 32.5. The molecule has 4 aliphatic rings. The van der Waals surface area contributed by atoms with Gasteiger partial charge in [0.05, 0.1) is 24.7 Å². The van der Waals surface area contributed by atoms with Gasteiger partial charge >= 0.3 is 0 Å². The third-order valence-electron chi connectivity index (χ3n) is 10.3. The third-order valence-corrected chi connectivity index (χ3v) is 11.8. The molecule has 1 N–H and O–H groups in total. The van der Waals surface area contributed by atoms with Crippen LogP contribution in [0, 0.1) is 17.1 Å². The molecular weight excluding hydrogens is 626 g/mol. The monoisotopic (exact) mass is 658 g/mol. The Morgan fingerprint density at radius 1 is 1.15 bits per heavy atom. The summed E-state index contributed by atoms with van der Waals surface area (Å²) < 4.78 is 24.7. The Hall–Kier alpha value is -4.84. The van der Waals surface area contributed by atoms with Crippen LogP contribution in [0.25, 0.3) is 27.4 Å². The number of nitrogens with one attached hydrogen (secondary N) is 1. The number of hydrogen-bond acceptors (Lipinski definition) is 7. The Bertz CT molecular complexity index is 2260. The molecule has 2 aromatic heterocycles. The molecule has 3 atom stereocenters. The Balaban J connectivity index is 1.10. The standard InChI is InChI=1S/C37H32FN6O3P/c1-42-20-26(48-12-13-48)16-25(42)6-8-41-37(46)28-21-44-31-14-22-4-2-3-5-23(22)15-32(31)47-36-33(44)27(35(28)45)17-29(38)34(36)43-11-7-24(19-43)30-18-39-9-10-40-30/h2-5,9-10,14-15,17-18,21,24-26H,6-8,11,16,19-20H2,1H3,(H,41,46).